The van der Waals surface area contributed by atoms with Crippen molar-refractivity contribution in [2.24, 2.45) is 11.7 Å². The van der Waals surface area contributed by atoms with E-state index in [0.717, 1.165) is 10.8 Å². The minimum Gasteiger partial charge on any atom is -0.327 e. The van der Waals surface area contributed by atoms with Crippen molar-refractivity contribution < 1.29 is 8.42 Å². The average Bonchev–Trinajstić information content (AvgIpc) is 2.51. The molecule has 0 bridgehead atoms. The summed E-state index contributed by atoms with van der Waals surface area (Å²) in [6, 6.07) is 12.9. The summed E-state index contributed by atoms with van der Waals surface area (Å²) in [7, 11) is -1.89. The Morgan fingerprint density at radius 1 is 1.09 bits per heavy atom. The molecule has 0 saturated carbocycles. The third-order valence-electron chi connectivity index (χ3n) is 4.07. The third kappa shape index (κ3) is 3.48. The smallest absolute Gasteiger partial charge is 0.243 e. The molecule has 1 unspecified atom stereocenters. The van der Waals surface area contributed by atoms with Crippen molar-refractivity contribution in [3.05, 3.63) is 42.5 Å². The molecule has 0 saturated heterocycles. The highest BCUT2D eigenvalue weighted by Crippen LogP contribution is 2.25. The van der Waals surface area contributed by atoms with Crippen LogP contribution in [0.4, 0.5) is 0 Å². The maximum atomic E-state index is 12.8. The number of rotatable bonds is 6. The van der Waals surface area contributed by atoms with Crippen molar-refractivity contribution in [1.82, 2.24) is 4.31 Å². The summed E-state index contributed by atoms with van der Waals surface area (Å²) < 4.78 is 27.0. The van der Waals surface area contributed by atoms with E-state index in [9.17, 15) is 8.42 Å². The van der Waals surface area contributed by atoms with Crippen molar-refractivity contribution in [2.45, 2.75) is 31.2 Å². The molecule has 120 valence electrons. The summed E-state index contributed by atoms with van der Waals surface area (Å²) in [5, 5.41) is 1.68. The quantitative estimate of drug-likeness (QED) is 0.890. The highest BCUT2D eigenvalue weighted by atomic mass is 32.2. The Morgan fingerprint density at radius 3 is 2.41 bits per heavy atom. The number of nitrogens with two attached hydrogens (primary N) is 1. The van der Waals surface area contributed by atoms with Gasteiger partial charge in [0.2, 0.25) is 10.0 Å². The van der Waals surface area contributed by atoms with Crippen LogP contribution in [0, 0.1) is 5.92 Å². The first-order valence-electron chi connectivity index (χ1n) is 7.53. The van der Waals surface area contributed by atoms with E-state index in [-0.39, 0.29) is 6.04 Å². The molecular formula is C17H24N2O2S. The zero-order chi connectivity index (χ0) is 16.3. The molecule has 5 heteroatoms. The number of sulfonamides is 1. The lowest BCUT2D eigenvalue weighted by Gasteiger charge is -2.22. The van der Waals surface area contributed by atoms with Gasteiger partial charge in [-0.15, -0.1) is 0 Å². The van der Waals surface area contributed by atoms with Crippen molar-refractivity contribution in [3.63, 3.8) is 0 Å². The van der Waals surface area contributed by atoms with Crippen LogP contribution in [0.15, 0.2) is 47.4 Å². The van der Waals surface area contributed by atoms with Gasteiger partial charge < -0.3 is 5.73 Å². The normalized spacial score (nSPS) is 13.9. The Bertz CT molecular complexity index is 736. The van der Waals surface area contributed by atoms with Crippen LogP contribution >= 0.6 is 0 Å². The predicted molar refractivity (Wildman–Crippen MR) is 91.2 cm³/mol. The lowest BCUT2D eigenvalue weighted by Crippen LogP contribution is -2.34. The van der Waals surface area contributed by atoms with Gasteiger partial charge in [0.1, 0.15) is 0 Å². The fourth-order valence-electron chi connectivity index (χ4n) is 2.37. The lowest BCUT2D eigenvalue weighted by molar-refractivity contribution is 0.398. The maximum absolute atomic E-state index is 12.8. The van der Waals surface area contributed by atoms with E-state index in [2.05, 4.69) is 0 Å². The first kappa shape index (κ1) is 16.9. The molecular weight excluding hydrogens is 296 g/mol. The van der Waals surface area contributed by atoms with E-state index in [1.807, 2.05) is 44.2 Å². The molecule has 0 aliphatic rings. The van der Waals surface area contributed by atoms with Gasteiger partial charge in [0.05, 0.1) is 4.90 Å². The molecule has 4 nitrogen and oxygen atoms in total. The summed E-state index contributed by atoms with van der Waals surface area (Å²) in [6.45, 7) is 4.51. The Morgan fingerprint density at radius 2 is 1.73 bits per heavy atom. The van der Waals surface area contributed by atoms with Gasteiger partial charge in [0.15, 0.2) is 0 Å². The van der Waals surface area contributed by atoms with Crippen molar-refractivity contribution in [2.75, 3.05) is 13.6 Å². The van der Waals surface area contributed by atoms with Crippen LogP contribution in [0.25, 0.3) is 10.8 Å². The van der Waals surface area contributed by atoms with Gasteiger partial charge in [-0.3, -0.25) is 0 Å². The van der Waals surface area contributed by atoms with Gasteiger partial charge >= 0.3 is 0 Å². The lowest BCUT2D eigenvalue weighted by atomic mass is 10.0. The van der Waals surface area contributed by atoms with Gasteiger partial charge in [0, 0.05) is 25.0 Å². The average molecular weight is 320 g/mol. The Kier molecular flexibility index (Phi) is 5.21. The minimum atomic E-state index is -3.51. The fourth-order valence-corrected chi connectivity index (χ4v) is 3.77. The number of hydrogen-bond acceptors (Lipinski definition) is 3. The van der Waals surface area contributed by atoms with Crippen LogP contribution in [-0.2, 0) is 10.0 Å². The van der Waals surface area contributed by atoms with E-state index < -0.39 is 10.0 Å². The van der Waals surface area contributed by atoms with Gasteiger partial charge in [-0.05, 0) is 23.8 Å². The summed E-state index contributed by atoms with van der Waals surface area (Å²) in [4.78, 5) is 0.353. The van der Waals surface area contributed by atoms with Crippen LogP contribution in [0.5, 0.6) is 0 Å². The van der Waals surface area contributed by atoms with Crippen molar-refractivity contribution in [3.8, 4) is 0 Å². The molecule has 22 heavy (non-hydrogen) atoms. The van der Waals surface area contributed by atoms with E-state index >= 15 is 0 Å². The van der Waals surface area contributed by atoms with Crippen LogP contribution in [0.3, 0.4) is 0 Å². The summed E-state index contributed by atoms with van der Waals surface area (Å²) in [5.41, 5.74) is 6.02. The maximum Gasteiger partial charge on any atom is 0.243 e. The zero-order valence-corrected chi connectivity index (χ0v) is 14.2. The molecule has 2 N–H and O–H groups in total. The van der Waals surface area contributed by atoms with Gasteiger partial charge in [-0.1, -0.05) is 50.2 Å². The largest absolute Gasteiger partial charge is 0.327 e. The molecule has 0 aliphatic carbocycles. The molecule has 0 radical (unpaired) electrons. The third-order valence-corrected chi connectivity index (χ3v) is 5.99. The van der Waals surface area contributed by atoms with Gasteiger partial charge in [-0.2, -0.15) is 0 Å². The van der Waals surface area contributed by atoms with E-state index in [4.69, 9.17) is 5.73 Å². The monoisotopic (exact) mass is 320 g/mol. The molecule has 2 aromatic carbocycles. The molecule has 0 amide bonds. The van der Waals surface area contributed by atoms with Crippen LogP contribution in [0.1, 0.15) is 20.3 Å². The second-order valence-electron chi connectivity index (χ2n) is 6.00. The molecule has 0 spiro atoms. The topological polar surface area (TPSA) is 63.4 Å². The molecule has 0 aromatic heterocycles. The Balaban J connectivity index is 2.29. The zero-order valence-electron chi connectivity index (χ0n) is 13.4. The van der Waals surface area contributed by atoms with Crippen LogP contribution < -0.4 is 5.73 Å². The fraction of sp³-hybridized carbons (Fsp3) is 0.412. The second-order valence-corrected chi connectivity index (χ2v) is 8.01. The number of nitrogens with zero attached hydrogens (tertiary/aromatic N) is 1. The Labute approximate surface area is 133 Å². The second kappa shape index (κ2) is 6.77. The van der Waals surface area contributed by atoms with E-state index in [1.54, 1.807) is 19.2 Å². The molecule has 0 fully saturated rings. The molecule has 0 heterocycles. The first-order chi connectivity index (χ1) is 10.3. The van der Waals surface area contributed by atoms with Crippen molar-refractivity contribution >= 4 is 20.8 Å². The molecule has 2 rings (SSSR count). The minimum absolute atomic E-state index is 0.00478. The SMILES string of the molecule is CC(C)C(N)CCN(C)S(=O)(=O)c1cccc2ccccc12. The molecule has 2 aromatic rings. The predicted octanol–water partition coefficient (Wildman–Crippen LogP) is 2.83. The van der Waals surface area contributed by atoms with Crippen LogP contribution in [0.2, 0.25) is 0 Å². The van der Waals surface area contributed by atoms with Gasteiger partial charge in [-0.25, -0.2) is 12.7 Å². The van der Waals surface area contributed by atoms with E-state index in [1.165, 1.54) is 4.31 Å². The van der Waals surface area contributed by atoms with Crippen molar-refractivity contribution in [1.29, 1.82) is 0 Å². The number of benzene rings is 2. The highest BCUT2D eigenvalue weighted by Gasteiger charge is 2.23. The summed E-state index contributed by atoms with van der Waals surface area (Å²) in [6.07, 6.45) is 0.651. The molecule has 1 atom stereocenters. The Hall–Kier alpha value is -1.43. The molecule has 0 aliphatic heterocycles. The van der Waals surface area contributed by atoms with E-state index in [0.29, 0.717) is 23.8 Å². The first-order valence-corrected chi connectivity index (χ1v) is 8.97. The highest BCUT2D eigenvalue weighted by molar-refractivity contribution is 7.89. The number of fused-ring (bicyclic) bond motifs is 1. The van der Waals surface area contributed by atoms with Crippen LogP contribution in [-0.4, -0.2) is 32.4 Å². The van der Waals surface area contributed by atoms with Gasteiger partial charge in [0.25, 0.3) is 0 Å². The summed E-state index contributed by atoms with van der Waals surface area (Å²) in [5.74, 6) is 0.341. The summed E-state index contributed by atoms with van der Waals surface area (Å²) >= 11 is 0. The standard InChI is InChI=1S/C17H24N2O2S/c1-13(2)16(18)11-12-19(3)22(20,21)17-10-6-8-14-7-4-5-9-15(14)17/h4-10,13,16H,11-12,18H2,1-3H3. The number of hydrogen-bond donors (Lipinski definition) is 1.